The molecule has 47 heavy (non-hydrogen) atoms. The monoisotopic (exact) mass is 600 g/mol. The summed E-state index contributed by atoms with van der Waals surface area (Å²) in [5.41, 5.74) is 10.9. The topological polar surface area (TPSA) is 35.6 Å². The highest BCUT2D eigenvalue weighted by Crippen LogP contribution is 2.44. The fourth-order valence-electron chi connectivity index (χ4n) is 7.30. The zero-order valence-electron chi connectivity index (χ0n) is 25.1. The van der Waals surface area contributed by atoms with Crippen LogP contribution in [0.3, 0.4) is 0 Å². The molecule has 3 aromatic heterocycles. The van der Waals surface area contributed by atoms with Crippen LogP contribution in [-0.2, 0) is 0 Å². The largest absolute Gasteiger partial charge is 0.465 e. The molecule has 218 valence electrons. The quantitative estimate of drug-likeness (QED) is 0.189. The van der Waals surface area contributed by atoms with Crippen molar-refractivity contribution in [3.8, 4) is 27.9 Å². The Bertz CT molecular complexity index is 2920. The number of nitrogens with zero attached hydrogens (tertiary/aromatic N) is 2. The average molecular weight is 601 g/mol. The molecule has 7 aromatic carbocycles. The van der Waals surface area contributed by atoms with Crippen molar-refractivity contribution in [3.63, 3.8) is 0 Å². The van der Waals surface area contributed by atoms with Gasteiger partial charge in [0.15, 0.2) is 5.58 Å². The molecule has 0 bridgehead atoms. The molecule has 0 saturated heterocycles. The summed E-state index contributed by atoms with van der Waals surface area (Å²) in [5, 5.41) is 6.37. The van der Waals surface area contributed by atoms with Crippen molar-refractivity contribution in [1.82, 2.24) is 4.57 Å². The molecule has 0 aliphatic rings. The van der Waals surface area contributed by atoms with Crippen LogP contribution in [0.5, 0.6) is 0 Å². The summed E-state index contributed by atoms with van der Waals surface area (Å²) in [4.78, 5) is 3.95. The summed E-state index contributed by atoms with van der Waals surface area (Å²) in [5.74, 6) is 0. The summed E-state index contributed by atoms with van der Waals surface area (Å²) in [6, 6.07) is 50.3. The fourth-order valence-corrected chi connectivity index (χ4v) is 7.30. The van der Waals surface area contributed by atoms with Gasteiger partial charge in [-0.2, -0.15) is 0 Å². The van der Waals surface area contributed by atoms with Crippen LogP contribution < -0.4 is 0 Å². The van der Waals surface area contributed by atoms with Gasteiger partial charge >= 0.3 is 0 Å². The average Bonchev–Trinajstić information content (AvgIpc) is 3.81. The van der Waals surface area contributed by atoms with E-state index >= 15 is 0 Å². The SMILES string of the molecule is [C-]#[N+]c1cc(-c2cccc3c2oc2ccccc23)cc2c1oc1c(-n3c4ccccc4c4cc(-c5ccccc5)ccc43)cccc12. The number of rotatable bonds is 3. The fraction of sp³-hybridized carbons (Fsp3) is 0. The molecule has 0 radical (unpaired) electrons. The van der Waals surface area contributed by atoms with Crippen LogP contribution in [0, 0.1) is 6.57 Å². The molecular formula is C43H24N2O2. The lowest BCUT2D eigenvalue weighted by molar-refractivity contribution is 0.667. The Labute approximate surface area is 269 Å². The normalized spacial score (nSPS) is 11.8. The Kier molecular flexibility index (Phi) is 5.32. The first-order valence-electron chi connectivity index (χ1n) is 15.6. The molecule has 4 heteroatoms. The van der Waals surface area contributed by atoms with Gasteiger partial charge in [0.05, 0.1) is 23.3 Å². The van der Waals surface area contributed by atoms with Crippen molar-refractivity contribution in [2.75, 3.05) is 0 Å². The highest BCUT2D eigenvalue weighted by atomic mass is 16.3. The highest BCUT2D eigenvalue weighted by molar-refractivity contribution is 6.16. The minimum atomic E-state index is 0.475. The van der Waals surface area contributed by atoms with Crippen LogP contribution in [0.15, 0.2) is 154 Å². The predicted molar refractivity (Wildman–Crippen MR) is 192 cm³/mol. The number of para-hydroxylation sites is 4. The molecule has 4 nitrogen and oxygen atoms in total. The van der Waals surface area contributed by atoms with Gasteiger partial charge < -0.3 is 13.4 Å². The van der Waals surface area contributed by atoms with Crippen LogP contribution in [-0.4, -0.2) is 4.57 Å². The third kappa shape index (κ3) is 3.69. The Hall–Kier alpha value is -6.57. The Balaban J connectivity index is 1.23. The number of aromatic nitrogens is 1. The lowest BCUT2D eigenvalue weighted by Crippen LogP contribution is -1.94. The molecule has 0 saturated carbocycles. The van der Waals surface area contributed by atoms with Crippen molar-refractivity contribution in [2.24, 2.45) is 0 Å². The molecule has 0 unspecified atom stereocenters. The van der Waals surface area contributed by atoms with Crippen LogP contribution in [0.2, 0.25) is 0 Å². The summed E-state index contributed by atoms with van der Waals surface area (Å²) in [7, 11) is 0. The van der Waals surface area contributed by atoms with Gasteiger partial charge in [0.25, 0.3) is 0 Å². The highest BCUT2D eigenvalue weighted by Gasteiger charge is 2.21. The zero-order chi connectivity index (χ0) is 31.1. The molecule has 0 aliphatic heterocycles. The number of hydrogen-bond acceptors (Lipinski definition) is 2. The van der Waals surface area contributed by atoms with Crippen LogP contribution >= 0.6 is 0 Å². The smallest absolute Gasteiger partial charge is 0.230 e. The second-order valence-corrected chi connectivity index (χ2v) is 12.0. The Morgan fingerprint density at radius 1 is 0.447 bits per heavy atom. The number of hydrogen-bond donors (Lipinski definition) is 0. The lowest BCUT2D eigenvalue weighted by atomic mass is 9.99. The predicted octanol–water partition coefficient (Wildman–Crippen LogP) is 12.5. The van der Waals surface area contributed by atoms with Gasteiger partial charge in [-0.1, -0.05) is 103 Å². The van der Waals surface area contributed by atoms with E-state index in [0.29, 0.717) is 11.3 Å². The maximum Gasteiger partial charge on any atom is 0.230 e. The van der Waals surface area contributed by atoms with Crippen LogP contribution in [0.25, 0.3) is 98.5 Å². The Morgan fingerprint density at radius 3 is 2.02 bits per heavy atom. The molecule has 0 spiro atoms. The second kappa shape index (κ2) is 9.71. The summed E-state index contributed by atoms with van der Waals surface area (Å²) < 4.78 is 15.4. The van der Waals surface area contributed by atoms with Crippen molar-refractivity contribution in [3.05, 3.63) is 157 Å². The molecule has 10 rings (SSSR count). The van der Waals surface area contributed by atoms with Gasteiger partial charge in [0.2, 0.25) is 5.69 Å². The maximum atomic E-state index is 8.15. The molecular weight excluding hydrogens is 576 g/mol. The minimum Gasteiger partial charge on any atom is -0.465 e. The molecule has 0 amide bonds. The van der Waals surface area contributed by atoms with Gasteiger partial charge in [-0.05, 0) is 59.2 Å². The first kappa shape index (κ1) is 25.7. The molecule has 0 N–H and O–H groups in total. The molecule has 0 aliphatic carbocycles. The van der Waals surface area contributed by atoms with E-state index in [0.717, 1.165) is 66.1 Å². The first-order chi connectivity index (χ1) is 23.3. The summed E-state index contributed by atoms with van der Waals surface area (Å²) in [6.45, 7) is 8.15. The van der Waals surface area contributed by atoms with Gasteiger partial charge in [-0.25, -0.2) is 4.85 Å². The van der Waals surface area contributed by atoms with E-state index in [-0.39, 0.29) is 0 Å². The molecule has 3 heterocycles. The maximum absolute atomic E-state index is 8.15. The van der Waals surface area contributed by atoms with Gasteiger partial charge in [-0.15, -0.1) is 0 Å². The summed E-state index contributed by atoms with van der Waals surface area (Å²) >= 11 is 0. The van der Waals surface area contributed by atoms with Crippen LogP contribution in [0.1, 0.15) is 0 Å². The van der Waals surface area contributed by atoms with Crippen molar-refractivity contribution < 1.29 is 8.83 Å². The van der Waals surface area contributed by atoms with Gasteiger partial charge in [-0.3, -0.25) is 0 Å². The van der Waals surface area contributed by atoms with Gasteiger partial charge in [0.1, 0.15) is 16.7 Å². The van der Waals surface area contributed by atoms with E-state index in [1.807, 2.05) is 30.3 Å². The first-order valence-corrected chi connectivity index (χ1v) is 15.6. The second-order valence-electron chi connectivity index (χ2n) is 12.0. The zero-order valence-corrected chi connectivity index (χ0v) is 25.1. The van der Waals surface area contributed by atoms with Crippen molar-refractivity contribution in [2.45, 2.75) is 0 Å². The number of benzene rings is 7. The van der Waals surface area contributed by atoms with E-state index < -0.39 is 0 Å². The van der Waals surface area contributed by atoms with Crippen molar-refractivity contribution >= 4 is 71.4 Å². The third-order valence-electron chi connectivity index (χ3n) is 9.41. The van der Waals surface area contributed by atoms with E-state index in [9.17, 15) is 0 Å². The third-order valence-corrected chi connectivity index (χ3v) is 9.41. The Morgan fingerprint density at radius 2 is 1.15 bits per heavy atom. The van der Waals surface area contributed by atoms with Crippen molar-refractivity contribution in [1.29, 1.82) is 0 Å². The van der Waals surface area contributed by atoms with Gasteiger partial charge in [0, 0.05) is 37.9 Å². The molecule has 10 aromatic rings. The van der Waals surface area contributed by atoms with E-state index in [1.165, 1.54) is 21.9 Å². The summed E-state index contributed by atoms with van der Waals surface area (Å²) in [6.07, 6.45) is 0. The van der Waals surface area contributed by atoms with Crippen LogP contribution in [0.4, 0.5) is 5.69 Å². The standard InChI is InChI=1S/C43H24N2O2/c1-44-36-25-28(29-15-9-16-32-31-14-6-8-20-40(31)46-41(29)32)24-35-33-17-10-19-39(43(33)47-42(35)36)45-37-18-7-5-13-30(37)34-23-27(21-22-38(34)45)26-11-3-2-4-12-26/h2-25H. The molecule has 0 atom stereocenters. The molecule has 0 fully saturated rings. The van der Waals surface area contributed by atoms with E-state index in [2.05, 4.69) is 125 Å². The lowest BCUT2D eigenvalue weighted by Gasteiger charge is -2.09. The number of furan rings is 2. The number of fused-ring (bicyclic) bond motifs is 9. The van der Waals surface area contributed by atoms with E-state index in [4.69, 9.17) is 15.4 Å². The minimum absolute atomic E-state index is 0.475. The van der Waals surface area contributed by atoms with E-state index in [1.54, 1.807) is 0 Å².